The SMILES string of the molecule is C[O][Al-]1[O][C@@H](CCCCCCCCOCc2ccccc2)[C@@H](CCCCCCOCc2ccccc2)[O]1.[Li+]. The number of hydrogen-bond donors (Lipinski definition) is 0. The number of hydrogen-bond acceptors (Lipinski definition) is 5. The summed E-state index contributed by atoms with van der Waals surface area (Å²) >= 11 is -1.92. The molecule has 1 heterocycles. The van der Waals surface area contributed by atoms with Crippen molar-refractivity contribution in [3.05, 3.63) is 71.8 Å². The summed E-state index contributed by atoms with van der Waals surface area (Å²) in [6, 6.07) is 20.8. The summed E-state index contributed by atoms with van der Waals surface area (Å²) in [7, 11) is 1.72. The van der Waals surface area contributed by atoms with Gasteiger partial charge in [0.2, 0.25) is 0 Å². The van der Waals surface area contributed by atoms with Crippen LogP contribution in [0.1, 0.15) is 88.2 Å². The number of unbranched alkanes of at least 4 members (excludes halogenated alkanes) is 8. The molecule has 0 aliphatic carbocycles. The minimum absolute atomic E-state index is 0. The summed E-state index contributed by atoms with van der Waals surface area (Å²) in [4.78, 5) is 0. The van der Waals surface area contributed by atoms with E-state index in [-0.39, 0.29) is 31.1 Å². The van der Waals surface area contributed by atoms with Crippen LogP contribution in [-0.2, 0) is 34.1 Å². The first-order valence-corrected chi connectivity index (χ1v) is 15.8. The zero-order valence-electron chi connectivity index (χ0n) is 23.9. The van der Waals surface area contributed by atoms with Crippen LogP contribution in [0.3, 0.4) is 0 Å². The topological polar surface area (TPSA) is 46.2 Å². The van der Waals surface area contributed by atoms with Gasteiger partial charge in [0.1, 0.15) is 0 Å². The molecule has 0 bridgehead atoms. The van der Waals surface area contributed by atoms with E-state index in [1.165, 1.54) is 62.5 Å². The smallest absolute Gasteiger partial charge is 0.636 e. The third kappa shape index (κ3) is 14.7. The number of benzene rings is 2. The minimum Gasteiger partial charge on any atom is -0.636 e. The number of ether oxygens (including phenoxy) is 2. The van der Waals surface area contributed by atoms with Gasteiger partial charge in [0.05, 0.1) is 13.2 Å². The standard InChI is InChI=1S/C30H44O4.CH3O.Al.Li/c31-29(21-13-3-1-2-5-15-23-33-25-27-17-9-7-10-18-27)30(32)22-14-4-6-16-24-34-26-28-19-11-8-12-20-28;1-2;;/h7-12,17-20,29-30H,1-6,13-16,21-26H2;1H3;;/q-2;-1;+2;+1/t29-,30+;;;/m0.../s1. The van der Waals surface area contributed by atoms with Crippen molar-refractivity contribution in [3.8, 4) is 0 Å². The summed E-state index contributed by atoms with van der Waals surface area (Å²) in [5, 5.41) is 0. The van der Waals surface area contributed by atoms with E-state index in [2.05, 4.69) is 48.5 Å². The fraction of sp³-hybridized carbons (Fsp3) is 0.613. The molecule has 1 aliphatic rings. The normalized spacial score (nSPS) is 17.5. The number of rotatable bonds is 21. The zero-order valence-corrected chi connectivity index (χ0v) is 25.0. The average molecular weight is 534 g/mol. The minimum atomic E-state index is -1.92. The Balaban J connectivity index is 0.00000507. The van der Waals surface area contributed by atoms with Gasteiger partial charge in [-0.25, -0.2) is 0 Å². The van der Waals surface area contributed by atoms with Crippen LogP contribution in [0.15, 0.2) is 60.7 Å². The molecule has 0 amide bonds. The Morgan fingerprint density at radius 1 is 0.579 bits per heavy atom. The maximum Gasteiger partial charge on any atom is 1.00 e. The third-order valence-electron chi connectivity index (χ3n) is 6.96. The van der Waals surface area contributed by atoms with E-state index in [4.69, 9.17) is 20.8 Å². The molecule has 2 atom stereocenters. The molecule has 1 fully saturated rings. The van der Waals surface area contributed by atoms with Crippen LogP contribution in [0.2, 0.25) is 0 Å². The predicted octanol–water partition coefficient (Wildman–Crippen LogP) is 4.52. The average Bonchev–Trinajstić information content (AvgIpc) is 3.34. The van der Waals surface area contributed by atoms with Crippen molar-refractivity contribution in [2.75, 3.05) is 20.3 Å². The van der Waals surface area contributed by atoms with Gasteiger partial charge in [-0.3, -0.25) is 0 Å². The molecule has 0 aromatic heterocycles. The summed E-state index contributed by atoms with van der Waals surface area (Å²) < 4.78 is 29.3. The van der Waals surface area contributed by atoms with Crippen molar-refractivity contribution in [2.45, 2.75) is 102 Å². The fourth-order valence-corrected chi connectivity index (χ4v) is 6.28. The zero-order chi connectivity index (χ0) is 25.8. The molecule has 38 heavy (non-hydrogen) atoms. The largest absolute Gasteiger partial charge is 1.00 e. The van der Waals surface area contributed by atoms with Gasteiger partial charge >= 0.3 is 34.0 Å². The van der Waals surface area contributed by atoms with Crippen molar-refractivity contribution >= 4 is 15.1 Å². The summed E-state index contributed by atoms with van der Waals surface area (Å²) in [6.07, 6.45) is 14.8. The first kappa shape index (κ1) is 33.6. The summed E-state index contributed by atoms with van der Waals surface area (Å²) in [5.41, 5.74) is 2.50. The Labute approximate surface area is 248 Å². The maximum absolute atomic E-state index is 6.14. The van der Waals surface area contributed by atoms with E-state index < -0.39 is 15.1 Å². The summed E-state index contributed by atoms with van der Waals surface area (Å²) in [5.74, 6) is 0. The van der Waals surface area contributed by atoms with E-state index in [0.29, 0.717) is 6.61 Å². The monoisotopic (exact) mass is 533 g/mol. The van der Waals surface area contributed by atoms with Crippen LogP contribution < -0.4 is 18.9 Å². The van der Waals surface area contributed by atoms with Crippen LogP contribution >= 0.6 is 0 Å². The quantitative estimate of drug-likeness (QED) is 0.174. The van der Waals surface area contributed by atoms with Crippen molar-refractivity contribution in [1.29, 1.82) is 0 Å². The Kier molecular flexibility index (Phi) is 19.5. The molecule has 0 unspecified atom stereocenters. The second-order valence-corrected chi connectivity index (χ2v) is 11.7. The van der Waals surface area contributed by atoms with Crippen LogP contribution in [0.25, 0.3) is 0 Å². The third-order valence-corrected chi connectivity index (χ3v) is 8.49. The van der Waals surface area contributed by atoms with Crippen molar-refractivity contribution in [3.63, 3.8) is 0 Å². The predicted molar refractivity (Wildman–Crippen MR) is 150 cm³/mol. The Bertz CT molecular complexity index is 797. The maximum atomic E-state index is 6.14. The molecule has 1 radical (unpaired) electrons. The van der Waals surface area contributed by atoms with Gasteiger partial charge in [0, 0.05) is 25.4 Å². The molecule has 1 aliphatic heterocycles. The molecule has 205 valence electrons. The molecule has 0 N–H and O–H groups in total. The molecule has 1 saturated heterocycles. The van der Waals surface area contributed by atoms with E-state index >= 15 is 0 Å². The van der Waals surface area contributed by atoms with E-state index in [1.807, 2.05) is 12.1 Å². The van der Waals surface area contributed by atoms with Crippen LogP contribution in [-0.4, -0.2) is 47.7 Å². The van der Waals surface area contributed by atoms with Gasteiger partial charge in [-0.2, -0.15) is 0 Å². The fourth-order valence-electron chi connectivity index (χ4n) is 4.80. The molecule has 3 rings (SSSR count). The van der Waals surface area contributed by atoms with Crippen molar-refractivity contribution in [1.82, 2.24) is 0 Å². The van der Waals surface area contributed by atoms with Crippen molar-refractivity contribution < 1.29 is 39.7 Å². The molecule has 7 heteroatoms. The Morgan fingerprint density at radius 2 is 0.974 bits per heavy atom. The van der Waals surface area contributed by atoms with Crippen LogP contribution in [0.5, 0.6) is 0 Å². The van der Waals surface area contributed by atoms with Crippen LogP contribution in [0.4, 0.5) is 0 Å². The van der Waals surface area contributed by atoms with Gasteiger partial charge in [-0.15, -0.1) is 0 Å². The molecule has 5 nitrogen and oxygen atoms in total. The van der Waals surface area contributed by atoms with E-state index in [0.717, 1.165) is 45.5 Å². The van der Waals surface area contributed by atoms with E-state index in [9.17, 15) is 0 Å². The van der Waals surface area contributed by atoms with Gasteiger partial charge in [-0.05, 0) is 43.9 Å². The molecular weight excluding hydrogens is 486 g/mol. The molecule has 0 spiro atoms. The second kappa shape index (κ2) is 22.1. The molecular formula is C31H47AlLiO5. The van der Waals surface area contributed by atoms with Gasteiger partial charge in [-0.1, -0.05) is 112 Å². The molecule has 2 aromatic rings. The Hall–Kier alpha value is -0.630. The van der Waals surface area contributed by atoms with E-state index in [1.54, 1.807) is 7.11 Å². The van der Waals surface area contributed by atoms with Crippen molar-refractivity contribution in [2.24, 2.45) is 0 Å². The van der Waals surface area contributed by atoms with Gasteiger partial charge < -0.3 is 20.8 Å². The Morgan fingerprint density at radius 3 is 1.39 bits per heavy atom. The van der Waals surface area contributed by atoms with Crippen LogP contribution in [0, 0.1) is 0 Å². The van der Waals surface area contributed by atoms with Gasteiger partial charge in [0.25, 0.3) is 0 Å². The second-order valence-electron chi connectivity index (χ2n) is 10.1. The molecule has 2 aromatic carbocycles. The first-order valence-electron chi connectivity index (χ1n) is 14.4. The first-order chi connectivity index (χ1) is 18.3. The molecule has 0 saturated carbocycles. The van der Waals surface area contributed by atoms with Gasteiger partial charge in [0.15, 0.2) is 0 Å². The summed E-state index contributed by atoms with van der Waals surface area (Å²) in [6.45, 7) is 3.12.